The van der Waals surface area contributed by atoms with Crippen molar-refractivity contribution in [2.75, 3.05) is 36.5 Å². The van der Waals surface area contributed by atoms with Crippen molar-refractivity contribution in [1.29, 1.82) is 0 Å². The number of carboxylic acids is 1. The minimum absolute atomic E-state index is 0.0832. The lowest BCUT2D eigenvalue weighted by Crippen LogP contribution is -2.54. The summed E-state index contributed by atoms with van der Waals surface area (Å²) in [4.78, 5) is 54.5. The molecule has 0 radical (unpaired) electrons. The van der Waals surface area contributed by atoms with E-state index in [-0.39, 0.29) is 30.8 Å². The van der Waals surface area contributed by atoms with Crippen molar-refractivity contribution in [3.05, 3.63) is 48.7 Å². The van der Waals surface area contributed by atoms with E-state index >= 15 is 0 Å². The molecule has 194 valence electrons. The zero-order valence-corrected chi connectivity index (χ0v) is 19.7. The Morgan fingerprint density at radius 1 is 1.08 bits per heavy atom. The van der Waals surface area contributed by atoms with Gasteiger partial charge in [-0.1, -0.05) is 32.0 Å². The van der Waals surface area contributed by atoms with Gasteiger partial charge in [0.1, 0.15) is 0 Å². The fraction of sp³-hybridized carbons (Fsp3) is 0.348. The van der Waals surface area contributed by atoms with E-state index in [0.29, 0.717) is 23.8 Å². The van der Waals surface area contributed by atoms with Gasteiger partial charge in [-0.25, -0.2) is 19.5 Å². The number of carbonyl (C=O) groups is 4. The summed E-state index contributed by atoms with van der Waals surface area (Å²) < 4.78 is 37.0. The molecule has 10 nitrogen and oxygen atoms in total. The molecule has 2 aromatic rings. The number of halogens is 3. The summed E-state index contributed by atoms with van der Waals surface area (Å²) in [6.07, 6.45) is -4.31. The van der Waals surface area contributed by atoms with Gasteiger partial charge in [0.15, 0.2) is 0 Å². The number of ether oxygens (including phenoxy) is 1. The minimum Gasteiger partial charge on any atom is -0.475 e. The van der Waals surface area contributed by atoms with Gasteiger partial charge in [-0.15, -0.1) is 0 Å². The molecule has 1 aliphatic heterocycles. The first-order valence-corrected chi connectivity index (χ1v) is 10.6. The third-order valence-corrected chi connectivity index (χ3v) is 4.67. The normalized spacial score (nSPS) is 14.2. The first kappa shape index (κ1) is 28.2. The van der Waals surface area contributed by atoms with Crippen molar-refractivity contribution in [2.24, 2.45) is 5.92 Å². The van der Waals surface area contributed by atoms with Crippen molar-refractivity contribution in [3.63, 3.8) is 0 Å². The number of alkyl halides is 3. The smallest absolute Gasteiger partial charge is 0.475 e. The van der Waals surface area contributed by atoms with Crippen molar-refractivity contribution in [3.8, 4) is 5.88 Å². The van der Waals surface area contributed by atoms with Gasteiger partial charge >= 0.3 is 18.2 Å². The zero-order chi connectivity index (χ0) is 27.0. The molecular formula is C23H25F3N4O6. The first-order chi connectivity index (χ1) is 16.8. The molecule has 0 atom stereocenters. The Balaban J connectivity index is 0.000000572. The molecule has 0 aliphatic carbocycles. The molecule has 3 amide bonds. The summed E-state index contributed by atoms with van der Waals surface area (Å²) in [7, 11) is 1.60. The topological polar surface area (TPSA) is 120 Å². The third-order valence-electron chi connectivity index (χ3n) is 4.67. The first-order valence-electron chi connectivity index (χ1n) is 10.6. The average molecular weight is 510 g/mol. The fourth-order valence-corrected chi connectivity index (χ4v) is 3.13. The quantitative estimate of drug-likeness (QED) is 0.609. The maximum atomic E-state index is 12.4. The molecule has 0 spiro atoms. The van der Waals surface area contributed by atoms with Crippen molar-refractivity contribution in [1.82, 2.24) is 9.88 Å². The Bertz CT molecular complexity index is 1060. The molecule has 0 bridgehead atoms. The van der Waals surface area contributed by atoms with Gasteiger partial charge in [0.05, 0.1) is 25.0 Å². The number of aromatic nitrogens is 1. The molecule has 1 aliphatic rings. The number of para-hydroxylation sites is 1. The molecule has 1 aromatic carbocycles. The third kappa shape index (κ3) is 8.05. The lowest BCUT2D eigenvalue weighted by molar-refractivity contribution is -0.192. The van der Waals surface area contributed by atoms with Crippen molar-refractivity contribution in [2.45, 2.75) is 20.0 Å². The fourth-order valence-electron chi connectivity index (χ4n) is 3.13. The minimum atomic E-state index is -5.08. The standard InChI is InChI=1S/C21H24N4O4.C2HF3O2/c1-15(2)12-24-13-19(26)25(20(27)14-24)17-9-10-18(22-11-17)29-21(28)23(3)16-7-5-4-6-8-16;3-2(4,5)1(6)7/h4-11,15H,12-14H2,1-3H3;(H,6,7). The molecule has 13 heteroatoms. The Morgan fingerprint density at radius 2 is 1.64 bits per heavy atom. The number of aliphatic carboxylic acids is 1. The summed E-state index contributed by atoms with van der Waals surface area (Å²) in [5.41, 5.74) is 1.05. The molecule has 0 unspecified atom stereocenters. The molecule has 36 heavy (non-hydrogen) atoms. The number of anilines is 2. The molecule has 1 aromatic heterocycles. The number of carboxylic acid groups (broad SMARTS) is 1. The zero-order valence-electron chi connectivity index (χ0n) is 19.7. The molecule has 1 saturated heterocycles. The highest BCUT2D eigenvalue weighted by Crippen LogP contribution is 2.21. The number of nitrogens with zero attached hydrogens (tertiary/aromatic N) is 4. The van der Waals surface area contributed by atoms with Crippen LogP contribution in [0.5, 0.6) is 5.88 Å². The van der Waals surface area contributed by atoms with E-state index in [9.17, 15) is 27.6 Å². The van der Waals surface area contributed by atoms with Crippen LogP contribution in [0.15, 0.2) is 48.7 Å². The number of benzene rings is 1. The van der Waals surface area contributed by atoms with Crippen molar-refractivity contribution < 1.29 is 42.2 Å². The van der Waals surface area contributed by atoms with Crippen LogP contribution in [0.2, 0.25) is 0 Å². The van der Waals surface area contributed by atoms with E-state index in [1.165, 1.54) is 17.2 Å². The monoisotopic (exact) mass is 510 g/mol. The van der Waals surface area contributed by atoms with Crippen LogP contribution in [0, 0.1) is 5.92 Å². The second-order valence-corrected chi connectivity index (χ2v) is 8.11. The van der Waals surface area contributed by atoms with Gasteiger partial charge in [0, 0.05) is 25.3 Å². The highest BCUT2D eigenvalue weighted by atomic mass is 19.4. The molecule has 3 rings (SSSR count). The van der Waals surface area contributed by atoms with Gasteiger partial charge in [-0.3, -0.25) is 19.4 Å². The van der Waals surface area contributed by atoms with E-state index in [1.54, 1.807) is 25.2 Å². The summed E-state index contributed by atoms with van der Waals surface area (Å²) in [6, 6.07) is 12.1. The lowest BCUT2D eigenvalue weighted by Gasteiger charge is -2.33. The predicted molar refractivity (Wildman–Crippen MR) is 123 cm³/mol. The SMILES string of the molecule is CC(C)CN1CC(=O)N(c2ccc(OC(=O)N(C)c3ccccc3)nc2)C(=O)C1.O=C(O)C(F)(F)F. The van der Waals surface area contributed by atoms with Crippen LogP contribution in [0.4, 0.5) is 29.3 Å². The van der Waals surface area contributed by atoms with Crippen LogP contribution in [0.3, 0.4) is 0 Å². The van der Waals surface area contributed by atoms with E-state index < -0.39 is 18.2 Å². The van der Waals surface area contributed by atoms with Crippen molar-refractivity contribution >= 4 is 35.3 Å². The maximum absolute atomic E-state index is 12.4. The summed E-state index contributed by atoms with van der Waals surface area (Å²) in [6.45, 7) is 5.14. The van der Waals surface area contributed by atoms with Crippen LogP contribution in [-0.2, 0) is 14.4 Å². The molecule has 2 heterocycles. The summed E-state index contributed by atoms with van der Waals surface area (Å²) in [5.74, 6) is -2.89. The maximum Gasteiger partial charge on any atom is 0.490 e. The number of carbonyl (C=O) groups excluding carboxylic acids is 3. The number of hydrogen-bond donors (Lipinski definition) is 1. The van der Waals surface area contributed by atoms with Gasteiger partial charge in [0.2, 0.25) is 17.7 Å². The number of hydrogen-bond acceptors (Lipinski definition) is 7. The largest absolute Gasteiger partial charge is 0.490 e. The van der Waals surface area contributed by atoms with Gasteiger partial charge < -0.3 is 9.84 Å². The molecule has 1 fully saturated rings. The van der Waals surface area contributed by atoms with Gasteiger partial charge in [0.25, 0.3) is 0 Å². The Hall–Kier alpha value is -4.00. The van der Waals surface area contributed by atoms with Crippen LogP contribution in [0.1, 0.15) is 13.8 Å². The van der Waals surface area contributed by atoms with Gasteiger partial charge in [-0.2, -0.15) is 13.2 Å². The lowest BCUT2D eigenvalue weighted by atomic mass is 10.2. The Morgan fingerprint density at radius 3 is 2.08 bits per heavy atom. The molecule has 1 N–H and O–H groups in total. The van der Waals surface area contributed by atoms with Crippen LogP contribution in [0.25, 0.3) is 0 Å². The summed E-state index contributed by atoms with van der Waals surface area (Å²) in [5, 5.41) is 7.12. The number of piperazine rings is 1. The Labute approximate surface area is 204 Å². The Kier molecular flexibility index (Phi) is 9.50. The number of pyridine rings is 1. The van der Waals surface area contributed by atoms with Gasteiger partial charge in [-0.05, 0) is 24.1 Å². The van der Waals surface area contributed by atoms with E-state index in [4.69, 9.17) is 14.6 Å². The highest BCUT2D eigenvalue weighted by molar-refractivity contribution is 6.17. The van der Waals surface area contributed by atoms with E-state index in [0.717, 1.165) is 4.90 Å². The number of amides is 3. The van der Waals surface area contributed by atoms with Crippen LogP contribution >= 0.6 is 0 Å². The van der Waals surface area contributed by atoms with E-state index in [2.05, 4.69) is 4.98 Å². The second-order valence-electron chi connectivity index (χ2n) is 8.11. The second kappa shape index (κ2) is 12.1. The highest BCUT2D eigenvalue weighted by Gasteiger charge is 2.38. The van der Waals surface area contributed by atoms with Crippen LogP contribution < -0.4 is 14.5 Å². The average Bonchev–Trinajstić information content (AvgIpc) is 2.79. The number of imide groups is 1. The predicted octanol–water partition coefficient (Wildman–Crippen LogP) is 3.18. The summed E-state index contributed by atoms with van der Waals surface area (Å²) >= 11 is 0. The number of rotatable bonds is 5. The molecule has 0 saturated carbocycles. The van der Waals surface area contributed by atoms with E-state index in [1.807, 2.05) is 36.9 Å². The van der Waals surface area contributed by atoms with Crippen LogP contribution in [-0.4, -0.2) is 71.7 Å². The molecular weight excluding hydrogens is 485 g/mol.